The molecule has 0 saturated heterocycles. The molecule has 0 radical (unpaired) electrons. The van der Waals surface area contributed by atoms with Crippen LogP contribution in [0.25, 0.3) is 0 Å². The average molecular weight is 162 g/mol. The number of benzene rings is 1. The van der Waals surface area contributed by atoms with Crippen LogP contribution in [0.15, 0.2) is 18.2 Å². The SMILES string of the molecule is COc1cccc(OC)c1O.[LiH]. The molecule has 1 aromatic carbocycles. The summed E-state index contributed by atoms with van der Waals surface area (Å²) in [6, 6.07) is 5.08. The first-order valence-corrected chi connectivity index (χ1v) is 3.19. The molecule has 0 spiro atoms. The second-order valence-electron chi connectivity index (χ2n) is 2.01. The molecule has 0 fully saturated rings. The molecule has 62 valence electrons. The van der Waals surface area contributed by atoms with Crippen LogP contribution in [0, 0.1) is 0 Å². The molecule has 1 rings (SSSR count). The Bertz CT molecular complexity index is 228. The predicted octanol–water partition coefficient (Wildman–Crippen LogP) is 0.761. The fourth-order valence-corrected chi connectivity index (χ4v) is 0.832. The molecule has 0 aliphatic rings. The van der Waals surface area contributed by atoms with E-state index in [0.717, 1.165) is 0 Å². The van der Waals surface area contributed by atoms with E-state index < -0.39 is 0 Å². The first-order chi connectivity index (χ1) is 5.29. The molecule has 4 heteroatoms. The summed E-state index contributed by atoms with van der Waals surface area (Å²) in [5.41, 5.74) is 0. The van der Waals surface area contributed by atoms with Crippen molar-refractivity contribution in [3.63, 3.8) is 0 Å². The van der Waals surface area contributed by atoms with Crippen molar-refractivity contribution in [1.82, 2.24) is 0 Å². The summed E-state index contributed by atoms with van der Waals surface area (Å²) >= 11 is 0. The molecule has 0 aliphatic carbocycles. The summed E-state index contributed by atoms with van der Waals surface area (Å²) in [4.78, 5) is 0. The molecule has 0 saturated carbocycles. The van der Waals surface area contributed by atoms with Crippen LogP contribution in [0.5, 0.6) is 17.2 Å². The van der Waals surface area contributed by atoms with Gasteiger partial charge in [-0.15, -0.1) is 0 Å². The molecular formula is C8H11LiO3. The van der Waals surface area contributed by atoms with E-state index in [1.165, 1.54) is 14.2 Å². The Hall–Kier alpha value is -0.783. The van der Waals surface area contributed by atoms with Crippen LogP contribution in [0.1, 0.15) is 0 Å². The van der Waals surface area contributed by atoms with Gasteiger partial charge in [0.2, 0.25) is 5.75 Å². The van der Waals surface area contributed by atoms with Crippen molar-refractivity contribution in [3.05, 3.63) is 18.2 Å². The summed E-state index contributed by atoms with van der Waals surface area (Å²) in [6.45, 7) is 0. The molecule has 0 unspecified atom stereocenters. The quantitative estimate of drug-likeness (QED) is 0.652. The number of ether oxygens (including phenoxy) is 2. The molecule has 1 aromatic rings. The van der Waals surface area contributed by atoms with E-state index in [0.29, 0.717) is 11.5 Å². The number of hydrogen-bond acceptors (Lipinski definition) is 3. The Morgan fingerprint density at radius 1 is 1.08 bits per heavy atom. The number of phenolic OH excluding ortho intramolecular Hbond substituents is 1. The molecule has 0 aliphatic heterocycles. The third kappa shape index (κ3) is 2.10. The Morgan fingerprint density at radius 3 is 1.83 bits per heavy atom. The standard InChI is InChI=1S/C8H10O3.Li.H/c1-10-6-4-3-5-7(11-2)8(6)9;;/h3-5,9H,1-2H3;;. The van der Waals surface area contributed by atoms with Gasteiger partial charge in [-0.1, -0.05) is 6.07 Å². The van der Waals surface area contributed by atoms with Crippen molar-refractivity contribution in [2.75, 3.05) is 14.2 Å². The van der Waals surface area contributed by atoms with Crippen LogP contribution in [0.3, 0.4) is 0 Å². The number of rotatable bonds is 2. The minimum absolute atomic E-state index is 0. The van der Waals surface area contributed by atoms with Gasteiger partial charge in [0.1, 0.15) is 0 Å². The molecule has 0 heterocycles. The summed E-state index contributed by atoms with van der Waals surface area (Å²) in [6.07, 6.45) is 0. The summed E-state index contributed by atoms with van der Waals surface area (Å²) < 4.78 is 9.71. The fraction of sp³-hybridized carbons (Fsp3) is 0.250. The van der Waals surface area contributed by atoms with E-state index in [2.05, 4.69) is 0 Å². The molecule has 3 nitrogen and oxygen atoms in total. The monoisotopic (exact) mass is 162 g/mol. The van der Waals surface area contributed by atoms with Gasteiger partial charge in [0.05, 0.1) is 14.2 Å². The average Bonchev–Trinajstić information content (AvgIpc) is 2.05. The molecule has 1 N–H and O–H groups in total. The van der Waals surface area contributed by atoms with E-state index in [9.17, 15) is 5.11 Å². The fourth-order valence-electron chi connectivity index (χ4n) is 0.832. The van der Waals surface area contributed by atoms with Crippen LogP contribution in [0.2, 0.25) is 0 Å². The van der Waals surface area contributed by atoms with Gasteiger partial charge in [-0.3, -0.25) is 0 Å². The van der Waals surface area contributed by atoms with Gasteiger partial charge in [-0.25, -0.2) is 0 Å². The van der Waals surface area contributed by atoms with Crippen molar-refractivity contribution >= 4 is 18.9 Å². The normalized spacial score (nSPS) is 8.50. The third-order valence-electron chi connectivity index (χ3n) is 1.40. The Morgan fingerprint density at radius 2 is 1.50 bits per heavy atom. The predicted molar refractivity (Wildman–Crippen MR) is 48.4 cm³/mol. The van der Waals surface area contributed by atoms with Crippen LogP contribution in [0.4, 0.5) is 0 Å². The van der Waals surface area contributed by atoms with Crippen LogP contribution in [-0.4, -0.2) is 38.2 Å². The molecule has 0 atom stereocenters. The van der Waals surface area contributed by atoms with Gasteiger partial charge in [0, 0.05) is 0 Å². The third-order valence-corrected chi connectivity index (χ3v) is 1.40. The van der Waals surface area contributed by atoms with E-state index in [-0.39, 0.29) is 24.6 Å². The zero-order valence-corrected chi connectivity index (χ0v) is 6.50. The first-order valence-electron chi connectivity index (χ1n) is 3.19. The molecule has 0 amide bonds. The second-order valence-corrected chi connectivity index (χ2v) is 2.01. The van der Waals surface area contributed by atoms with E-state index in [1.807, 2.05) is 0 Å². The molecule has 0 bridgehead atoms. The number of phenols is 1. The van der Waals surface area contributed by atoms with Gasteiger partial charge in [-0.2, -0.15) is 0 Å². The topological polar surface area (TPSA) is 38.7 Å². The zero-order valence-electron chi connectivity index (χ0n) is 6.50. The Labute approximate surface area is 83.5 Å². The molecule has 0 aromatic heterocycles. The first kappa shape index (κ1) is 11.2. The summed E-state index contributed by atoms with van der Waals surface area (Å²) in [5, 5.41) is 9.34. The van der Waals surface area contributed by atoms with E-state index in [1.54, 1.807) is 18.2 Å². The maximum atomic E-state index is 9.34. The number of methoxy groups -OCH3 is 2. The van der Waals surface area contributed by atoms with Crippen molar-refractivity contribution in [2.24, 2.45) is 0 Å². The van der Waals surface area contributed by atoms with Crippen LogP contribution < -0.4 is 9.47 Å². The van der Waals surface area contributed by atoms with E-state index in [4.69, 9.17) is 9.47 Å². The zero-order chi connectivity index (χ0) is 8.27. The van der Waals surface area contributed by atoms with Gasteiger partial charge in [0.25, 0.3) is 0 Å². The van der Waals surface area contributed by atoms with Crippen LogP contribution >= 0.6 is 0 Å². The molecule has 12 heavy (non-hydrogen) atoms. The Balaban J connectivity index is 0.00000121. The van der Waals surface area contributed by atoms with Crippen molar-refractivity contribution in [3.8, 4) is 17.2 Å². The number of aromatic hydroxyl groups is 1. The van der Waals surface area contributed by atoms with E-state index >= 15 is 0 Å². The van der Waals surface area contributed by atoms with Crippen molar-refractivity contribution < 1.29 is 14.6 Å². The van der Waals surface area contributed by atoms with Gasteiger partial charge in [-0.05, 0) is 12.1 Å². The van der Waals surface area contributed by atoms with Crippen molar-refractivity contribution in [1.29, 1.82) is 0 Å². The maximum absolute atomic E-state index is 9.34. The second kappa shape index (κ2) is 4.97. The van der Waals surface area contributed by atoms with Crippen molar-refractivity contribution in [2.45, 2.75) is 0 Å². The minimum atomic E-state index is 0. The van der Waals surface area contributed by atoms with Crippen LogP contribution in [-0.2, 0) is 0 Å². The number of para-hydroxylation sites is 1. The van der Waals surface area contributed by atoms with Gasteiger partial charge < -0.3 is 14.6 Å². The number of hydrogen-bond donors (Lipinski definition) is 1. The van der Waals surface area contributed by atoms with Gasteiger partial charge in [0.15, 0.2) is 11.5 Å². The van der Waals surface area contributed by atoms with Gasteiger partial charge >= 0.3 is 18.9 Å². The Kier molecular flexibility index (Phi) is 4.64. The summed E-state index contributed by atoms with van der Waals surface area (Å²) in [7, 11) is 2.99. The molecular weight excluding hydrogens is 151 g/mol. The summed E-state index contributed by atoms with van der Waals surface area (Å²) in [5.74, 6) is 0.881.